The van der Waals surface area contributed by atoms with E-state index in [2.05, 4.69) is 22.0 Å². The van der Waals surface area contributed by atoms with E-state index < -0.39 is 12.1 Å². The summed E-state index contributed by atoms with van der Waals surface area (Å²) in [5.74, 6) is -0.306. The number of nitrogens with two attached hydrogens (primary N) is 1. The highest BCUT2D eigenvalue weighted by molar-refractivity contribution is 5.93. The summed E-state index contributed by atoms with van der Waals surface area (Å²) in [7, 11) is 1.25. The van der Waals surface area contributed by atoms with Gasteiger partial charge in [0.05, 0.1) is 12.8 Å². The van der Waals surface area contributed by atoms with Gasteiger partial charge in [0.25, 0.3) is 0 Å². The minimum absolute atomic E-state index is 0.00306. The van der Waals surface area contributed by atoms with E-state index in [1.807, 2.05) is 13.8 Å². The van der Waals surface area contributed by atoms with Crippen LogP contribution in [0.2, 0.25) is 0 Å². The second-order valence-corrected chi connectivity index (χ2v) is 5.73. The maximum Gasteiger partial charge on any atom is 0.358 e. The van der Waals surface area contributed by atoms with Gasteiger partial charge in [-0.2, -0.15) is 0 Å². The Hall–Kier alpha value is -1.85. The van der Waals surface area contributed by atoms with Crippen LogP contribution < -0.4 is 11.1 Å². The Morgan fingerprint density at radius 3 is 2.67 bits per heavy atom. The van der Waals surface area contributed by atoms with Crippen molar-refractivity contribution in [1.29, 1.82) is 0 Å². The zero-order valence-electron chi connectivity index (χ0n) is 13.3. The maximum absolute atomic E-state index is 13.8. The van der Waals surface area contributed by atoms with Crippen molar-refractivity contribution in [1.82, 2.24) is 4.98 Å². The van der Waals surface area contributed by atoms with E-state index in [0.717, 1.165) is 12.8 Å². The average molecular weight is 297 g/mol. The zero-order chi connectivity index (χ0) is 16.2. The number of aromatic nitrogens is 1. The maximum atomic E-state index is 13.8. The van der Waals surface area contributed by atoms with Crippen LogP contribution >= 0.6 is 0 Å². The molecule has 0 bridgehead atoms. The highest BCUT2D eigenvalue weighted by atomic mass is 19.1. The molecule has 0 saturated carbocycles. The highest BCUT2D eigenvalue weighted by Gasteiger charge is 2.24. The van der Waals surface area contributed by atoms with Gasteiger partial charge < -0.3 is 15.8 Å². The van der Waals surface area contributed by atoms with E-state index >= 15 is 0 Å². The van der Waals surface area contributed by atoms with Gasteiger partial charge in [0.15, 0.2) is 5.69 Å². The van der Waals surface area contributed by atoms with E-state index in [-0.39, 0.29) is 16.9 Å². The van der Waals surface area contributed by atoms with Gasteiger partial charge in [-0.25, -0.2) is 14.2 Å². The highest BCUT2D eigenvalue weighted by Crippen LogP contribution is 2.30. The molecule has 1 aromatic heterocycles. The zero-order valence-corrected chi connectivity index (χ0v) is 13.3. The normalized spacial score (nSPS) is 12.9. The lowest BCUT2D eigenvalue weighted by Crippen LogP contribution is -2.32. The van der Waals surface area contributed by atoms with Gasteiger partial charge in [-0.1, -0.05) is 13.3 Å². The molecule has 0 aliphatic rings. The third-order valence-electron chi connectivity index (χ3n) is 3.22. The lowest BCUT2D eigenvalue weighted by molar-refractivity contribution is 0.0595. The van der Waals surface area contributed by atoms with Crippen molar-refractivity contribution >= 4 is 17.5 Å². The van der Waals surface area contributed by atoms with Crippen molar-refractivity contribution in [3.8, 4) is 0 Å². The second kappa shape index (κ2) is 6.74. The van der Waals surface area contributed by atoms with Gasteiger partial charge in [0, 0.05) is 11.1 Å². The molecule has 1 rings (SSSR count). The van der Waals surface area contributed by atoms with Gasteiger partial charge in [-0.3, -0.25) is 0 Å². The number of pyridine rings is 1. The molecule has 1 atom stereocenters. The molecule has 0 aromatic carbocycles. The minimum Gasteiger partial charge on any atom is -0.464 e. The summed E-state index contributed by atoms with van der Waals surface area (Å²) in [5.41, 5.74) is 5.95. The molecule has 0 fully saturated rings. The van der Waals surface area contributed by atoms with Gasteiger partial charge in [-0.05, 0) is 33.3 Å². The van der Waals surface area contributed by atoms with Crippen LogP contribution in [-0.2, 0) is 4.74 Å². The van der Waals surface area contributed by atoms with Crippen LogP contribution in [-0.4, -0.2) is 23.6 Å². The van der Waals surface area contributed by atoms with Crippen molar-refractivity contribution in [3.05, 3.63) is 17.3 Å². The molecule has 0 aliphatic heterocycles. The van der Waals surface area contributed by atoms with Gasteiger partial charge in [0.1, 0.15) is 12.0 Å². The molecular weight excluding hydrogens is 273 g/mol. The average Bonchev–Trinajstić information content (AvgIpc) is 2.38. The quantitative estimate of drug-likeness (QED) is 0.786. The van der Waals surface area contributed by atoms with E-state index in [4.69, 9.17) is 5.73 Å². The first-order valence-electron chi connectivity index (χ1n) is 7.02. The van der Waals surface area contributed by atoms with E-state index in [0.29, 0.717) is 11.4 Å². The Morgan fingerprint density at radius 1 is 1.57 bits per heavy atom. The first-order valence-corrected chi connectivity index (χ1v) is 7.02. The first kappa shape index (κ1) is 17.2. The molecule has 21 heavy (non-hydrogen) atoms. The molecular formula is C15H24FN3O2. The number of methoxy groups -OCH3 is 1. The molecule has 0 amide bonds. The van der Waals surface area contributed by atoms with E-state index in [1.165, 1.54) is 20.1 Å². The van der Waals surface area contributed by atoms with Crippen LogP contribution in [0.3, 0.4) is 0 Å². The SMILES string of the molecule is CCCC(C)(C)Nc1nc(C(=O)OC)c(N)cc1C(C)F. The number of rotatable bonds is 6. The summed E-state index contributed by atoms with van der Waals surface area (Å²) in [6, 6.07) is 1.44. The summed E-state index contributed by atoms with van der Waals surface area (Å²) in [6.45, 7) is 7.47. The van der Waals surface area contributed by atoms with Gasteiger partial charge in [0.2, 0.25) is 0 Å². The smallest absolute Gasteiger partial charge is 0.358 e. The predicted octanol–water partition coefficient (Wildman–Crippen LogP) is 3.47. The number of nitrogens with zero attached hydrogens (tertiary/aromatic N) is 1. The van der Waals surface area contributed by atoms with Crippen LogP contribution in [0.5, 0.6) is 0 Å². The number of nitrogen functional groups attached to an aromatic ring is 1. The Morgan fingerprint density at radius 2 is 2.19 bits per heavy atom. The van der Waals surface area contributed by atoms with Crippen molar-refractivity contribution in [2.75, 3.05) is 18.2 Å². The second-order valence-electron chi connectivity index (χ2n) is 5.73. The number of halogens is 1. The summed E-state index contributed by atoms with van der Waals surface area (Å²) in [5, 5.41) is 3.20. The lowest BCUT2D eigenvalue weighted by Gasteiger charge is -2.28. The summed E-state index contributed by atoms with van der Waals surface area (Å²) >= 11 is 0. The monoisotopic (exact) mass is 297 g/mol. The third kappa shape index (κ3) is 4.31. The number of carbonyl (C=O) groups is 1. The number of hydrogen-bond acceptors (Lipinski definition) is 5. The lowest BCUT2D eigenvalue weighted by atomic mass is 9.98. The molecule has 0 saturated heterocycles. The molecule has 0 aliphatic carbocycles. The number of alkyl halides is 1. The third-order valence-corrected chi connectivity index (χ3v) is 3.22. The molecule has 0 radical (unpaired) electrons. The molecule has 5 nitrogen and oxygen atoms in total. The number of carbonyl (C=O) groups excluding carboxylic acids is 1. The van der Waals surface area contributed by atoms with Crippen LogP contribution in [0.4, 0.5) is 15.9 Å². The Bertz CT molecular complexity index is 516. The molecule has 1 heterocycles. The van der Waals surface area contributed by atoms with E-state index in [1.54, 1.807) is 0 Å². The van der Waals surface area contributed by atoms with Crippen LogP contribution in [0, 0.1) is 0 Å². The van der Waals surface area contributed by atoms with E-state index in [9.17, 15) is 9.18 Å². The fourth-order valence-electron chi connectivity index (χ4n) is 2.22. The number of nitrogens with one attached hydrogen (secondary N) is 1. The molecule has 1 aromatic rings. The molecule has 118 valence electrons. The Balaban J connectivity index is 3.29. The Labute approximate surface area is 125 Å². The number of esters is 1. The van der Waals surface area contributed by atoms with Crippen LogP contribution in [0.1, 0.15) is 62.8 Å². The largest absolute Gasteiger partial charge is 0.464 e. The molecule has 0 spiro atoms. The van der Waals surface area contributed by atoms with Gasteiger partial charge >= 0.3 is 5.97 Å². The van der Waals surface area contributed by atoms with Crippen molar-refractivity contribution in [2.24, 2.45) is 0 Å². The van der Waals surface area contributed by atoms with Crippen LogP contribution in [0.15, 0.2) is 6.07 Å². The topological polar surface area (TPSA) is 77.2 Å². The number of ether oxygens (including phenoxy) is 1. The standard InChI is InChI=1S/C15H24FN3O2/c1-6-7-15(3,4)19-13-10(9(2)16)8-11(17)12(18-13)14(20)21-5/h8-9H,6-7,17H2,1-5H3,(H,18,19). The van der Waals surface area contributed by atoms with Crippen molar-refractivity contribution in [2.45, 2.75) is 52.2 Å². The molecule has 3 N–H and O–H groups in total. The summed E-state index contributed by atoms with van der Waals surface area (Å²) in [6.07, 6.45) is 0.609. The first-order chi connectivity index (χ1) is 9.71. The Kier molecular flexibility index (Phi) is 5.52. The summed E-state index contributed by atoms with van der Waals surface area (Å²) in [4.78, 5) is 15.9. The van der Waals surface area contributed by atoms with Crippen molar-refractivity contribution < 1.29 is 13.9 Å². The molecule has 6 heteroatoms. The van der Waals surface area contributed by atoms with Gasteiger partial charge in [-0.15, -0.1) is 0 Å². The number of anilines is 2. The minimum atomic E-state index is -1.24. The fraction of sp³-hybridized carbons (Fsp3) is 0.600. The fourth-order valence-corrected chi connectivity index (χ4v) is 2.22. The predicted molar refractivity (Wildman–Crippen MR) is 82.1 cm³/mol. The summed E-state index contributed by atoms with van der Waals surface area (Å²) < 4.78 is 18.4. The number of hydrogen-bond donors (Lipinski definition) is 2. The molecule has 1 unspecified atom stereocenters. The van der Waals surface area contributed by atoms with Crippen molar-refractivity contribution in [3.63, 3.8) is 0 Å². The van der Waals surface area contributed by atoms with Crippen LogP contribution in [0.25, 0.3) is 0 Å².